The van der Waals surface area contributed by atoms with E-state index >= 15 is 0 Å². The molecule has 2 rings (SSSR count). The molecule has 0 aliphatic rings. The third kappa shape index (κ3) is 5.41. The standard InChI is InChI=1S/C20H25NO4/c1-4-16(25-19-12-8-7-11-18(19)23-3)20(22)21-13-14-24-17-10-6-5-9-15(17)2/h5-12,16H,4,13-14H2,1-3H3,(H,21,22)/t16-/m0/s1. The maximum atomic E-state index is 12.3. The van der Waals surface area contributed by atoms with E-state index in [1.54, 1.807) is 19.2 Å². The first-order chi connectivity index (χ1) is 12.2. The Morgan fingerprint density at radius 3 is 2.32 bits per heavy atom. The first-order valence-electron chi connectivity index (χ1n) is 8.41. The lowest BCUT2D eigenvalue weighted by Gasteiger charge is -2.19. The lowest BCUT2D eigenvalue weighted by atomic mass is 10.2. The number of carbonyl (C=O) groups excluding carboxylic acids is 1. The molecule has 25 heavy (non-hydrogen) atoms. The summed E-state index contributed by atoms with van der Waals surface area (Å²) in [6.45, 7) is 4.71. The molecule has 0 heterocycles. The number of hydrogen-bond donors (Lipinski definition) is 1. The van der Waals surface area contributed by atoms with Crippen LogP contribution in [0.4, 0.5) is 0 Å². The summed E-state index contributed by atoms with van der Waals surface area (Å²) in [5.74, 6) is 1.83. The Kier molecular flexibility index (Phi) is 7.14. The van der Waals surface area contributed by atoms with Crippen LogP contribution in [-0.4, -0.2) is 32.3 Å². The molecule has 0 bridgehead atoms. The number of methoxy groups -OCH3 is 1. The zero-order valence-electron chi connectivity index (χ0n) is 15.0. The molecule has 2 aromatic rings. The molecule has 134 valence electrons. The van der Waals surface area contributed by atoms with Crippen LogP contribution in [0.3, 0.4) is 0 Å². The van der Waals surface area contributed by atoms with Crippen molar-refractivity contribution in [1.29, 1.82) is 0 Å². The minimum Gasteiger partial charge on any atom is -0.493 e. The molecule has 0 aliphatic heterocycles. The first kappa shape index (κ1) is 18.6. The van der Waals surface area contributed by atoms with Crippen molar-refractivity contribution in [2.24, 2.45) is 0 Å². The van der Waals surface area contributed by atoms with E-state index in [2.05, 4.69) is 5.32 Å². The van der Waals surface area contributed by atoms with Gasteiger partial charge in [-0.3, -0.25) is 4.79 Å². The minimum atomic E-state index is -0.574. The number of amides is 1. The van der Waals surface area contributed by atoms with Crippen molar-refractivity contribution in [2.45, 2.75) is 26.4 Å². The summed E-state index contributed by atoms with van der Waals surface area (Å²) in [5.41, 5.74) is 1.07. The fourth-order valence-electron chi connectivity index (χ4n) is 2.36. The van der Waals surface area contributed by atoms with Gasteiger partial charge in [-0.2, -0.15) is 0 Å². The number of ether oxygens (including phenoxy) is 3. The molecule has 0 saturated heterocycles. The number of para-hydroxylation sites is 3. The largest absolute Gasteiger partial charge is 0.493 e. The van der Waals surface area contributed by atoms with Gasteiger partial charge in [-0.15, -0.1) is 0 Å². The minimum absolute atomic E-state index is 0.165. The third-order valence-electron chi connectivity index (χ3n) is 3.75. The van der Waals surface area contributed by atoms with E-state index in [-0.39, 0.29) is 5.91 Å². The van der Waals surface area contributed by atoms with Crippen molar-refractivity contribution in [3.8, 4) is 17.2 Å². The summed E-state index contributed by atoms with van der Waals surface area (Å²) in [4.78, 5) is 12.3. The smallest absolute Gasteiger partial charge is 0.261 e. The van der Waals surface area contributed by atoms with E-state index in [1.165, 1.54) is 0 Å². The Balaban J connectivity index is 1.82. The van der Waals surface area contributed by atoms with Gasteiger partial charge in [0.05, 0.1) is 13.7 Å². The van der Waals surface area contributed by atoms with Crippen LogP contribution in [0.25, 0.3) is 0 Å². The molecule has 5 nitrogen and oxygen atoms in total. The predicted octanol–water partition coefficient (Wildman–Crippen LogP) is 3.36. The Bertz CT molecular complexity index is 687. The summed E-state index contributed by atoms with van der Waals surface area (Å²) >= 11 is 0. The quantitative estimate of drug-likeness (QED) is 0.710. The van der Waals surface area contributed by atoms with Crippen molar-refractivity contribution in [1.82, 2.24) is 5.32 Å². The third-order valence-corrected chi connectivity index (χ3v) is 3.75. The highest BCUT2D eigenvalue weighted by Gasteiger charge is 2.19. The molecular weight excluding hydrogens is 318 g/mol. The molecule has 1 amide bonds. The summed E-state index contributed by atoms with van der Waals surface area (Å²) in [5, 5.41) is 2.85. The van der Waals surface area contributed by atoms with Gasteiger partial charge in [-0.1, -0.05) is 37.3 Å². The normalized spacial score (nSPS) is 11.5. The summed E-state index contributed by atoms with van der Waals surface area (Å²) < 4.78 is 16.7. The number of hydrogen-bond acceptors (Lipinski definition) is 4. The van der Waals surface area contributed by atoms with Crippen LogP contribution in [0.15, 0.2) is 48.5 Å². The van der Waals surface area contributed by atoms with E-state index in [0.717, 1.165) is 11.3 Å². The van der Waals surface area contributed by atoms with Crippen molar-refractivity contribution < 1.29 is 19.0 Å². The van der Waals surface area contributed by atoms with Gasteiger partial charge in [0, 0.05) is 0 Å². The molecule has 0 unspecified atom stereocenters. The average molecular weight is 343 g/mol. The van der Waals surface area contributed by atoms with Crippen molar-refractivity contribution in [2.75, 3.05) is 20.3 Å². The summed E-state index contributed by atoms with van der Waals surface area (Å²) in [7, 11) is 1.58. The molecule has 0 radical (unpaired) electrons. The molecule has 0 aromatic heterocycles. The lowest BCUT2D eigenvalue weighted by molar-refractivity contribution is -0.128. The monoisotopic (exact) mass is 343 g/mol. The second kappa shape index (κ2) is 9.57. The van der Waals surface area contributed by atoms with Crippen LogP contribution in [0.5, 0.6) is 17.2 Å². The second-order valence-electron chi connectivity index (χ2n) is 5.57. The van der Waals surface area contributed by atoms with Gasteiger partial charge >= 0.3 is 0 Å². The van der Waals surface area contributed by atoms with Crippen molar-refractivity contribution in [3.05, 3.63) is 54.1 Å². The SMILES string of the molecule is CC[C@H](Oc1ccccc1OC)C(=O)NCCOc1ccccc1C. The van der Waals surface area contributed by atoms with Crippen molar-refractivity contribution >= 4 is 5.91 Å². The van der Waals surface area contributed by atoms with Gasteiger partial charge in [-0.25, -0.2) is 0 Å². The van der Waals surface area contributed by atoms with Gasteiger partial charge in [0.25, 0.3) is 5.91 Å². The van der Waals surface area contributed by atoms with Crippen LogP contribution < -0.4 is 19.5 Å². The van der Waals surface area contributed by atoms with E-state index in [4.69, 9.17) is 14.2 Å². The lowest BCUT2D eigenvalue weighted by Crippen LogP contribution is -2.39. The number of carbonyl (C=O) groups is 1. The van der Waals surface area contributed by atoms with Gasteiger partial charge in [0.1, 0.15) is 12.4 Å². The second-order valence-corrected chi connectivity index (χ2v) is 5.57. The maximum Gasteiger partial charge on any atom is 0.261 e. The van der Waals surface area contributed by atoms with Gasteiger partial charge in [-0.05, 0) is 37.1 Å². The first-order valence-corrected chi connectivity index (χ1v) is 8.41. The molecule has 0 fully saturated rings. The zero-order chi connectivity index (χ0) is 18.1. The van der Waals surface area contributed by atoms with E-state index < -0.39 is 6.10 Å². The predicted molar refractivity (Wildman–Crippen MR) is 97.4 cm³/mol. The van der Waals surface area contributed by atoms with Crippen LogP contribution in [-0.2, 0) is 4.79 Å². The number of benzene rings is 2. The maximum absolute atomic E-state index is 12.3. The van der Waals surface area contributed by atoms with Gasteiger partial charge in [0.2, 0.25) is 0 Å². The molecule has 1 N–H and O–H groups in total. The number of aryl methyl sites for hydroxylation is 1. The summed E-state index contributed by atoms with van der Waals surface area (Å²) in [6, 6.07) is 15.1. The molecule has 1 atom stereocenters. The topological polar surface area (TPSA) is 56.8 Å². The Morgan fingerprint density at radius 1 is 1.04 bits per heavy atom. The Morgan fingerprint density at radius 2 is 1.68 bits per heavy atom. The Labute approximate surface area is 148 Å². The molecule has 0 aliphatic carbocycles. The zero-order valence-corrected chi connectivity index (χ0v) is 15.0. The van der Waals surface area contributed by atoms with Crippen LogP contribution in [0, 0.1) is 6.92 Å². The molecule has 0 saturated carbocycles. The van der Waals surface area contributed by atoms with E-state index in [9.17, 15) is 4.79 Å². The van der Waals surface area contributed by atoms with Crippen molar-refractivity contribution in [3.63, 3.8) is 0 Å². The van der Waals surface area contributed by atoms with Gasteiger partial charge in [0.15, 0.2) is 17.6 Å². The molecule has 5 heteroatoms. The molecular formula is C20H25NO4. The number of nitrogens with one attached hydrogen (secondary N) is 1. The fourth-order valence-corrected chi connectivity index (χ4v) is 2.36. The van der Waals surface area contributed by atoms with Crippen LogP contribution >= 0.6 is 0 Å². The highest BCUT2D eigenvalue weighted by molar-refractivity contribution is 5.81. The average Bonchev–Trinajstić information content (AvgIpc) is 2.64. The summed E-state index contributed by atoms with van der Waals surface area (Å²) in [6.07, 6.45) is -0.0162. The van der Waals surface area contributed by atoms with E-state index in [1.807, 2.05) is 50.2 Å². The highest BCUT2D eigenvalue weighted by Crippen LogP contribution is 2.27. The highest BCUT2D eigenvalue weighted by atomic mass is 16.5. The molecule has 2 aromatic carbocycles. The Hall–Kier alpha value is -2.69. The van der Waals surface area contributed by atoms with Crippen LogP contribution in [0.2, 0.25) is 0 Å². The van der Waals surface area contributed by atoms with E-state index in [0.29, 0.717) is 31.1 Å². The van der Waals surface area contributed by atoms with Gasteiger partial charge < -0.3 is 19.5 Å². The van der Waals surface area contributed by atoms with Crippen LogP contribution in [0.1, 0.15) is 18.9 Å². The molecule has 0 spiro atoms. The number of rotatable bonds is 9. The fraction of sp³-hybridized carbons (Fsp3) is 0.350.